The van der Waals surface area contributed by atoms with Gasteiger partial charge in [0.1, 0.15) is 5.69 Å². The number of rotatable bonds is 6. The Balaban J connectivity index is 1.37. The molecule has 1 aliphatic rings. The van der Waals surface area contributed by atoms with Crippen LogP contribution in [-0.4, -0.2) is 30.9 Å². The Labute approximate surface area is 206 Å². The number of furan rings is 2. The highest BCUT2D eigenvalue weighted by Gasteiger charge is 2.29. The summed E-state index contributed by atoms with van der Waals surface area (Å²) < 4.78 is 13.1. The Morgan fingerprint density at radius 3 is 2.46 bits per heavy atom. The first kappa shape index (κ1) is 21.9. The molecule has 0 radical (unpaired) electrons. The molecule has 1 atom stereocenters. The van der Waals surface area contributed by atoms with Gasteiger partial charge >= 0.3 is 0 Å². The number of benzene rings is 1. The van der Waals surface area contributed by atoms with Crippen molar-refractivity contribution >= 4 is 28.6 Å². The van der Waals surface area contributed by atoms with Crippen molar-refractivity contribution in [3.05, 3.63) is 72.3 Å². The minimum Gasteiger partial charge on any atom is -0.463 e. The van der Waals surface area contributed by atoms with E-state index >= 15 is 0 Å². The Kier molecular flexibility index (Phi) is 5.74. The summed E-state index contributed by atoms with van der Waals surface area (Å²) in [7, 11) is 0. The van der Waals surface area contributed by atoms with Gasteiger partial charge in [-0.05, 0) is 68.0 Å². The topological polar surface area (TPSA) is 87.0 Å². The monoisotopic (exact) mass is 484 g/mol. The van der Waals surface area contributed by atoms with Crippen LogP contribution in [0.2, 0.25) is 0 Å². The largest absolute Gasteiger partial charge is 0.463 e. The zero-order valence-electron chi connectivity index (χ0n) is 19.3. The van der Waals surface area contributed by atoms with Crippen LogP contribution in [-0.2, 0) is 12.8 Å². The molecule has 0 N–H and O–H groups in total. The third kappa shape index (κ3) is 3.87. The minimum absolute atomic E-state index is 0.0649. The van der Waals surface area contributed by atoms with Crippen molar-refractivity contribution in [3.63, 3.8) is 0 Å². The van der Waals surface area contributed by atoms with Crippen LogP contribution in [0.3, 0.4) is 0 Å². The first-order valence-corrected chi connectivity index (χ1v) is 12.8. The van der Waals surface area contributed by atoms with Gasteiger partial charge in [-0.2, -0.15) is 0 Å². The summed E-state index contributed by atoms with van der Waals surface area (Å²) in [5.41, 5.74) is 4.51. The molecule has 1 aromatic carbocycles. The number of hydrogen-bond donors (Lipinski definition) is 0. The average molecular weight is 485 g/mol. The summed E-state index contributed by atoms with van der Waals surface area (Å²) >= 11 is 1.34. The Morgan fingerprint density at radius 1 is 0.971 bits per heavy atom. The minimum atomic E-state index is -0.349. The first-order chi connectivity index (χ1) is 17.2. The average Bonchev–Trinajstić information content (AvgIpc) is 3.67. The van der Waals surface area contributed by atoms with Gasteiger partial charge in [0.15, 0.2) is 17.2 Å². The maximum Gasteiger partial charge on any atom is 0.244 e. The number of fused-ring (bicyclic) bond motifs is 3. The highest BCUT2D eigenvalue weighted by Crippen LogP contribution is 2.35. The second-order valence-corrected chi connectivity index (χ2v) is 9.75. The van der Waals surface area contributed by atoms with Crippen molar-refractivity contribution in [1.82, 2.24) is 19.7 Å². The van der Waals surface area contributed by atoms with E-state index in [0.29, 0.717) is 34.5 Å². The van der Waals surface area contributed by atoms with E-state index in [1.165, 1.54) is 22.7 Å². The van der Waals surface area contributed by atoms with Crippen LogP contribution < -0.4 is 0 Å². The van der Waals surface area contributed by atoms with Gasteiger partial charge in [-0.1, -0.05) is 36.9 Å². The van der Waals surface area contributed by atoms with Crippen molar-refractivity contribution in [3.8, 4) is 22.9 Å². The van der Waals surface area contributed by atoms with E-state index in [1.54, 1.807) is 24.7 Å². The molecule has 0 amide bonds. The molecule has 1 unspecified atom stereocenters. The third-order valence-corrected chi connectivity index (χ3v) is 7.67. The molecule has 0 fully saturated rings. The standard InChI is InChI=1S/C27H24N4O3S/c1-2-23(26(32)31-19-11-5-3-9-17(19)18-10-4-6-12-20(18)31)35-27-28-24(21-13-7-15-33-21)25(29-30-27)22-14-8-16-34-22/h3,5,7-9,11,13-16,23H,2,4,6,10,12H2,1H3. The molecule has 0 bridgehead atoms. The molecule has 6 rings (SSSR count). The number of thioether (sulfide) groups is 1. The molecule has 35 heavy (non-hydrogen) atoms. The first-order valence-electron chi connectivity index (χ1n) is 11.9. The van der Waals surface area contributed by atoms with Crippen LogP contribution in [0.15, 0.2) is 75.0 Å². The molecule has 176 valence electrons. The van der Waals surface area contributed by atoms with Gasteiger partial charge in [-0.15, -0.1) is 10.2 Å². The third-order valence-electron chi connectivity index (χ3n) is 6.47. The lowest BCUT2D eigenvalue weighted by Crippen LogP contribution is -2.26. The normalized spacial score (nSPS) is 14.2. The fourth-order valence-corrected chi connectivity index (χ4v) is 5.71. The van der Waals surface area contributed by atoms with E-state index in [0.717, 1.165) is 36.9 Å². The van der Waals surface area contributed by atoms with E-state index in [-0.39, 0.29) is 11.2 Å². The van der Waals surface area contributed by atoms with Gasteiger partial charge in [0.05, 0.1) is 23.3 Å². The molecular weight excluding hydrogens is 460 g/mol. The predicted octanol–water partition coefficient (Wildman–Crippen LogP) is 6.44. The number of carbonyl (C=O) groups is 1. The van der Waals surface area contributed by atoms with E-state index in [2.05, 4.69) is 16.3 Å². The lowest BCUT2D eigenvalue weighted by Gasteiger charge is -2.19. The van der Waals surface area contributed by atoms with E-state index in [9.17, 15) is 4.79 Å². The quantitative estimate of drug-likeness (QED) is 0.256. The molecular formula is C27H24N4O3S. The molecule has 7 nitrogen and oxygen atoms in total. The van der Waals surface area contributed by atoms with E-state index in [1.807, 2.05) is 41.8 Å². The number of aromatic nitrogens is 4. The van der Waals surface area contributed by atoms with Crippen LogP contribution in [0.1, 0.15) is 42.2 Å². The van der Waals surface area contributed by atoms with Crippen LogP contribution in [0.5, 0.6) is 0 Å². The summed E-state index contributed by atoms with van der Waals surface area (Å²) in [4.78, 5) is 18.7. The van der Waals surface area contributed by atoms with Gasteiger partial charge in [0, 0.05) is 11.1 Å². The highest BCUT2D eigenvalue weighted by atomic mass is 32.2. The van der Waals surface area contributed by atoms with Crippen molar-refractivity contribution in [2.75, 3.05) is 0 Å². The Hall–Kier alpha value is -3.65. The summed E-state index contributed by atoms with van der Waals surface area (Å²) in [5.74, 6) is 1.19. The fourth-order valence-electron chi connectivity index (χ4n) is 4.85. The van der Waals surface area contributed by atoms with Crippen LogP contribution in [0.4, 0.5) is 0 Å². The highest BCUT2D eigenvalue weighted by molar-refractivity contribution is 8.00. The number of carbonyl (C=O) groups excluding carboxylic acids is 1. The Morgan fingerprint density at radius 2 is 1.71 bits per heavy atom. The van der Waals surface area contributed by atoms with Crippen molar-refractivity contribution in [2.45, 2.75) is 49.4 Å². The van der Waals surface area contributed by atoms with Crippen LogP contribution in [0, 0.1) is 0 Å². The maximum absolute atomic E-state index is 13.9. The lowest BCUT2D eigenvalue weighted by molar-refractivity contribution is 0.0910. The van der Waals surface area contributed by atoms with Gasteiger partial charge in [-0.25, -0.2) is 4.98 Å². The number of para-hydroxylation sites is 1. The molecule has 4 heterocycles. The molecule has 0 saturated carbocycles. The fraction of sp³-hybridized carbons (Fsp3) is 0.259. The second-order valence-electron chi connectivity index (χ2n) is 8.58. The maximum atomic E-state index is 13.9. The molecule has 1 aliphatic carbocycles. The smallest absolute Gasteiger partial charge is 0.244 e. The molecule has 5 aromatic rings. The van der Waals surface area contributed by atoms with Gasteiger partial charge in [0.25, 0.3) is 0 Å². The summed E-state index contributed by atoms with van der Waals surface area (Å²) in [5, 5.41) is 10.0. The molecule has 8 heteroatoms. The number of nitrogens with zero attached hydrogens (tertiary/aromatic N) is 4. The molecule has 0 spiro atoms. The predicted molar refractivity (Wildman–Crippen MR) is 134 cm³/mol. The SMILES string of the molecule is CCC(Sc1nnc(-c2ccco2)c(-c2ccco2)n1)C(=O)n1c2c(c3ccccc31)CCCC2. The van der Waals surface area contributed by atoms with Gasteiger partial charge < -0.3 is 8.83 Å². The van der Waals surface area contributed by atoms with Crippen LogP contribution >= 0.6 is 11.8 Å². The van der Waals surface area contributed by atoms with Gasteiger partial charge in [-0.3, -0.25) is 9.36 Å². The second kappa shape index (κ2) is 9.19. The molecule has 4 aromatic heterocycles. The molecule has 0 aliphatic heterocycles. The van der Waals surface area contributed by atoms with Crippen molar-refractivity contribution < 1.29 is 13.6 Å². The van der Waals surface area contributed by atoms with Crippen molar-refractivity contribution in [2.24, 2.45) is 0 Å². The zero-order valence-corrected chi connectivity index (χ0v) is 20.1. The van der Waals surface area contributed by atoms with Crippen molar-refractivity contribution in [1.29, 1.82) is 0 Å². The zero-order chi connectivity index (χ0) is 23.8. The summed E-state index contributed by atoms with van der Waals surface area (Å²) in [6, 6.07) is 15.5. The molecule has 0 saturated heterocycles. The van der Waals surface area contributed by atoms with E-state index in [4.69, 9.17) is 13.8 Å². The van der Waals surface area contributed by atoms with Gasteiger partial charge in [0.2, 0.25) is 11.1 Å². The Bertz CT molecular complexity index is 1490. The van der Waals surface area contributed by atoms with E-state index < -0.39 is 0 Å². The summed E-state index contributed by atoms with van der Waals surface area (Å²) in [6.45, 7) is 2.02. The lowest BCUT2D eigenvalue weighted by atomic mass is 9.95. The number of hydrogen-bond acceptors (Lipinski definition) is 7. The summed E-state index contributed by atoms with van der Waals surface area (Å²) in [6.07, 6.45) is 8.04. The van der Waals surface area contributed by atoms with Crippen LogP contribution in [0.25, 0.3) is 33.8 Å². The number of aryl methyl sites for hydroxylation is 1.